The van der Waals surface area contributed by atoms with E-state index >= 15 is 0 Å². The van der Waals surface area contributed by atoms with Gasteiger partial charge in [-0.15, -0.1) is 0 Å². The Morgan fingerprint density at radius 3 is 1.70 bits per heavy atom. The van der Waals surface area contributed by atoms with Gasteiger partial charge in [-0.05, 0) is 33.1 Å². The SMILES string of the molecule is CC(C)(C)c1cccc(C(C)(C)C)c1-c1ccccc1P(O)Cl. The predicted octanol–water partition coefficient (Wildman–Crippen LogP) is 6.12. The average molecular weight is 349 g/mol. The Bertz CT molecular complexity index is 661. The molecule has 0 saturated carbocycles. The van der Waals surface area contributed by atoms with E-state index in [1.54, 1.807) is 0 Å². The molecule has 0 fully saturated rings. The summed E-state index contributed by atoms with van der Waals surface area (Å²) in [5, 5.41) is 0.825. The highest BCUT2D eigenvalue weighted by molar-refractivity contribution is 7.85. The molecule has 0 aliphatic carbocycles. The number of rotatable bonds is 2. The Morgan fingerprint density at radius 2 is 1.26 bits per heavy atom. The fourth-order valence-electron chi connectivity index (χ4n) is 2.94. The summed E-state index contributed by atoms with van der Waals surface area (Å²) in [5.41, 5.74) is 4.84. The highest BCUT2D eigenvalue weighted by atomic mass is 35.7. The molecule has 2 aromatic rings. The van der Waals surface area contributed by atoms with Gasteiger partial charge in [-0.3, -0.25) is 0 Å². The van der Waals surface area contributed by atoms with Gasteiger partial charge < -0.3 is 4.89 Å². The molecule has 0 heterocycles. The van der Waals surface area contributed by atoms with Gasteiger partial charge in [0.05, 0.1) is 0 Å². The topological polar surface area (TPSA) is 20.2 Å². The van der Waals surface area contributed by atoms with Gasteiger partial charge in [-0.1, -0.05) is 95.2 Å². The molecule has 124 valence electrons. The van der Waals surface area contributed by atoms with Crippen LogP contribution in [0.4, 0.5) is 0 Å². The van der Waals surface area contributed by atoms with Gasteiger partial charge in [0, 0.05) is 5.30 Å². The van der Waals surface area contributed by atoms with E-state index in [1.165, 1.54) is 16.7 Å². The van der Waals surface area contributed by atoms with Crippen molar-refractivity contribution < 1.29 is 4.89 Å². The Hall–Kier alpha value is -0.880. The Kier molecular flexibility index (Phi) is 5.26. The first kappa shape index (κ1) is 18.5. The maximum absolute atomic E-state index is 10.1. The van der Waals surface area contributed by atoms with Crippen molar-refractivity contribution in [1.29, 1.82) is 0 Å². The molecule has 1 nitrogen and oxygen atoms in total. The van der Waals surface area contributed by atoms with Crippen LogP contribution in [0.5, 0.6) is 0 Å². The minimum Gasteiger partial charge on any atom is -0.356 e. The minimum absolute atomic E-state index is 0.00816. The lowest BCUT2D eigenvalue weighted by Crippen LogP contribution is -2.20. The number of benzene rings is 2. The van der Waals surface area contributed by atoms with Crippen LogP contribution in [0, 0.1) is 0 Å². The minimum atomic E-state index is -1.66. The number of hydrogen-bond acceptors (Lipinski definition) is 1. The van der Waals surface area contributed by atoms with Crippen molar-refractivity contribution in [2.24, 2.45) is 0 Å². The second-order valence-electron chi connectivity index (χ2n) is 8.01. The van der Waals surface area contributed by atoms with Crippen molar-refractivity contribution in [2.75, 3.05) is 0 Å². The van der Waals surface area contributed by atoms with Crippen LogP contribution in [0.2, 0.25) is 0 Å². The van der Waals surface area contributed by atoms with E-state index in [0.717, 1.165) is 10.9 Å². The zero-order valence-electron chi connectivity index (χ0n) is 14.8. The molecular weight excluding hydrogens is 323 g/mol. The van der Waals surface area contributed by atoms with E-state index in [1.807, 2.05) is 18.2 Å². The highest BCUT2D eigenvalue weighted by Crippen LogP contribution is 2.44. The molecule has 0 aliphatic rings. The predicted molar refractivity (Wildman–Crippen MR) is 104 cm³/mol. The number of hydrogen-bond donors (Lipinski definition) is 1. The van der Waals surface area contributed by atoms with Gasteiger partial charge in [-0.2, -0.15) is 0 Å². The van der Waals surface area contributed by atoms with Crippen molar-refractivity contribution in [3.05, 3.63) is 53.6 Å². The molecule has 0 radical (unpaired) electrons. The van der Waals surface area contributed by atoms with Crippen LogP contribution in [-0.4, -0.2) is 4.89 Å². The molecule has 3 heteroatoms. The fraction of sp³-hybridized carbons (Fsp3) is 0.400. The van der Waals surface area contributed by atoms with E-state index in [4.69, 9.17) is 11.2 Å². The average Bonchev–Trinajstić information content (AvgIpc) is 2.44. The van der Waals surface area contributed by atoms with E-state index in [0.29, 0.717) is 0 Å². The molecule has 2 aromatic carbocycles. The molecule has 1 N–H and O–H groups in total. The molecule has 0 amide bonds. The van der Waals surface area contributed by atoms with E-state index in [-0.39, 0.29) is 10.8 Å². The summed E-state index contributed by atoms with van der Waals surface area (Å²) in [4.78, 5) is 10.1. The molecule has 2 rings (SSSR count). The molecule has 0 aromatic heterocycles. The van der Waals surface area contributed by atoms with Crippen molar-refractivity contribution in [2.45, 2.75) is 52.4 Å². The third kappa shape index (κ3) is 3.97. The molecule has 1 unspecified atom stereocenters. The Balaban J connectivity index is 2.90. The van der Waals surface area contributed by atoms with E-state index < -0.39 is 7.50 Å². The maximum atomic E-state index is 10.1. The molecular formula is C20H26ClOP. The lowest BCUT2D eigenvalue weighted by atomic mass is 9.74. The first-order valence-electron chi connectivity index (χ1n) is 7.91. The van der Waals surface area contributed by atoms with Crippen molar-refractivity contribution in [1.82, 2.24) is 0 Å². The van der Waals surface area contributed by atoms with Crippen molar-refractivity contribution in [3.8, 4) is 11.1 Å². The largest absolute Gasteiger partial charge is 0.356 e. The highest BCUT2D eigenvalue weighted by Gasteiger charge is 2.27. The Morgan fingerprint density at radius 1 is 0.783 bits per heavy atom. The van der Waals surface area contributed by atoms with Gasteiger partial charge >= 0.3 is 0 Å². The van der Waals surface area contributed by atoms with Gasteiger partial charge in [0.2, 0.25) is 0 Å². The second kappa shape index (κ2) is 6.55. The van der Waals surface area contributed by atoms with Crippen LogP contribution >= 0.6 is 18.7 Å². The van der Waals surface area contributed by atoms with Crippen LogP contribution in [0.3, 0.4) is 0 Å². The second-order valence-corrected chi connectivity index (χ2v) is 9.97. The van der Waals surface area contributed by atoms with Gasteiger partial charge in [0.1, 0.15) is 0 Å². The van der Waals surface area contributed by atoms with Gasteiger partial charge in [-0.25, -0.2) is 0 Å². The van der Waals surface area contributed by atoms with Crippen LogP contribution < -0.4 is 5.30 Å². The molecule has 23 heavy (non-hydrogen) atoms. The van der Waals surface area contributed by atoms with Crippen molar-refractivity contribution in [3.63, 3.8) is 0 Å². The van der Waals surface area contributed by atoms with E-state index in [2.05, 4.69) is 65.8 Å². The zero-order chi connectivity index (χ0) is 17.4. The summed E-state index contributed by atoms with van der Waals surface area (Å²) in [6, 6.07) is 14.5. The van der Waals surface area contributed by atoms with Crippen LogP contribution in [0.1, 0.15) is 52.7 Å². The first-order chi connectivity index (χ1) is 10.5. The third-order valence-corrected chi connectivity index (χ3v) is 5.39. The standard InChI is InChI=1S/C20H26ClOP/c1-19(2,3)15-11-9-12-16(20(4,5)6)18(15)14-10-7-8-13-17(14)23(21)22/h7-13,22H,1-6H3. The molecule has 0 saturated heterocycles. The van der Waals surface area contributed by atoms with Gasteiger partial charge in [0.15, 0.2) is 7.50 Å². The molecule has 1 atom stereocenters. The van der Waals surface area contributed by atoms with E-state index in [9.17, 15) is 4.89 Å². The summed E-state index contributed by atoms with van der Waals surface area (Å²) >= 11 is 6.11. The summed E-state index contributed by atoms with van der Waals surface area (Å²) in [5.74, 6) is 0. The lowest BCUT2D eigenvalue weighted by molar-refractivity contribution is 0.572. The normalized spacial score (nSPS) is 13.9. The zero-order valence-corrected chi connectivity index (χ0v) is 16.5. The molecule has 0 bridgehead atoms. The van der Waals surface area contributed by atoms with Crippen LogP contribution in [0.25, 0.3) is 11.1 Å². The van der Waals surface area contributed by atoms with Crippen molar-refractivity contribution >= 4 is 24.0 Å². The fourth-order valence-corrected chi connectivity index (χ4v) is 3.97. The third-order valence-electron chi connectivity index (χ3n) is 4.05. The monoisotopic (exact) mass is 348 g/mol. The van der Waals surface area contributed by atoms with Crippen LogP contribution in [0.15, 0.2) is 42.5 Å². The molecule has 0 spiro atoms. The lowest BCUT2D eigenvalue weighted by Gasteiger charge is -2.31. The number of halogens is 1. The Labute approximate surface area is 146 Å². The summed E-state index contributed by atoms with van der Waals surface area (Å²) in [6.45, 7) is 13.4. The maximum Gasteiger partial charge on any atom is 0.155 e. The van der Waals surface area contributed by atoms with Gasteiger partial charge in [0.25, 0.3) is 0 Å². The summed E-state index contributed by atoms with van der Waals surface area (Å²) in [6.07, 6.45) is 0. The smallest absolute Gasteiger partial charge is 0.155 e. The first-order valence-corrected chi connectivity index (χ1v) is 10.1. The quantitative estimate of drug-likeness (QED) is 0.648. The molecule has 0 aliphatic heterocycles. The summed E-state index contributed by atoms with van der Waals surface area (Å²) in [7, 11) is -1.66. The van der Waals surface area contributed by atoms with Crippen LogP contribution in [-0.2, 0) is 10.8 Å². The summed E-state index contributed by atoms with van der Waals surface area (Å²) < 4.78 is 0.